The van der Waals surface area contributed by atoms with Crippen LogP contribution in [0.25, 0.3) is 33.4 Å². The van der Waals surface area contributed by atoms with Crippen LogP contribution in [0.15, 0.2) is 71.6 Å². The van der Waals surface area contributed by atoms with Crippen molar-refractivity contribution in [1.82, 2.24) is 19.7 Å². The van der Waals surface area contributed by atoms with E-state index in [0.29, 0.717) is 28.2 Å². The Kier molecular flexibility index (Phi) is 5.74. The Morgan fingerprint density at radius 1 is 1.06 bits per heavy atom. The molecule has 0 radical (unpaired) electrons. The summed E-state index contributed by atoms with van der Waals surface area (Å²) in [5.74, 6) is -0.604. The zero-order valence-corrected chi connectivity index (χ0v) is 19.4. The third-order valence-corrected chi connectivity index (χ3v) is 5.61. The van der Waals surface area contributed by atoms with Crippen LogP contribution in [-0.2, 0) is 9.53 Å². The van der Waals surface area contributed by atoms with E-state index in [4.69, 9.17) is 9.15 Å². The highest BCUT2D eigenvalue weighted by Crippen LogP contribution is 2.28. The second-order valence-corrected chi connectivity index (χ2v) is 8.36. The number of carbonyl (C=O) groups excluding carboxylic acids is 2. The topological polar surface area (TPSA) is 112 Å². The first-order valence-corrected chi connectivity index (χ1v) is 11.2. The van der Waals surface area contributed by atoms with Crippen molar-refractivity contribution in [3.63, 3.8) is 0 Å². The molecule has 1 unspecified atom stereocenters. The van der Waals surface area contributed by atoms with E-state index in [0.717, 1.165) is 10.9 Å². The van der Waals surface area contributed by atoms with E-state index in [1.165, 1.54) is 13.2 Å². The Morgan fingerprint density at radius 2 is 1.91 bits per heavy atom. The van der Waals surface area contributed by atoms with E-state index in [1.807, 2.05) is 26.0 Å². The number of pyridine rings is 2. The molecule has 0 fully saturated rings. The largest absolute Gasteiger partial charge is 0.463 e. The predicted octanol–water partition coefficient (Wildman–Crippen LogP) is 5.00. The summed E-state index contributed by atoms with van der Waals surface area (Å²) in [5.41, 5.74) is 2.59. The summed E-state index contributed by atoms with van der Waals surface area (Å²) in [6, 6.07) is 14.2. The highest BCUT2D eigenvalue weighted by atomic mass is 16.5. The lowest BCUT2D eigenvalue weighted by Gasteiger charge is -2.15. The molecule has 4 aromatic heterocycles. The molecule has 0 aliphatic rings. The van der Waals surface area contributed by atoms with Gasteiger partial charge in [0.1, 0.15) is 5.69 Å². The number of aromatic nitrogens is 4. The summed E-state index contributed by atoms with van der Waals surface area (Å²) in [5, 5.41) is 8.55. The Hall–Kier alpha value is -4.53. The molecular formula is C26H23N5O4. The molecule has 0 spiro atoms. The van der Waals surface area contributed by atoms with Crippen LogP contribution >= 0.6 is 0 Å². The second-order valence-electron chi connectivity index (χ2n) is 8.36. The van der Waals surface area contributed by atoms with Gasteiger partial charge in [-0.1, -0.05) is 6.07 Å². The molecule has 4 heterocycles. The molecule has 0 aliphatic carbocycles. The van der Waals surface area contributed by atoms with E-state index < -0.39 is 18.0 Å². The fourth-order valence-corrected chi connectivity index (χ4v) is 3.84. The Labute approximate surface area is 200 Å². The summed E-state index contributed by atoms with van der Waals surface area (Å²) in [7, 11) is 0. The summed E-state index contributed by atoms with van der Waals surface area (Å²) >= 11 is 0. The van der Waals surface area contributed by atoms with Crippen molar-refractivity contribution in [2.75, 3.05) is 5.32 Å². The first kappa shape index (κ1) is 22.3. The van der Waals surface area contributed by atoms with Gasteiger partial charge in [0.15, 0.2) is 17.5 Å². The predicted molar refractivity (Wildman–Crippen MR) is 131 cm³/mol. The molecule has 176 valence electrons. The van der Waals surface area contributed by atoms with Crippen LogP contribution in [0.5, 0.6) is 0 Å². The van der Waals surface area contributed by atoms with Crippen molar-refractivity contribution >= 4 is 39.5 Å². The fourth-order valence-electron chi connectivity index (χ4n) is 3.84. The maximum absolute atomic E-state index is 13.2. The smallest absolute Gasteiger partial charge is 0.339 e. The van der Waals surface area contributed by atoms with Crippen LogP contribution in [0.1, 0.15) is 37.2 Å². The molecule has 1 amide bonds. The van der Waals surface area contributed by atoms with E-state index in [-0.39, 0.29) is 11.6 Å². The number of hydrogen-bond acceptors (Lipinski definition) is 7. The minimum atomic E-state index is -1.05. The molecule has 0 bridgehead atoms. The maximum Gasteiger partial charge on any atom is 0.339 e. The van der Waals surface area contributed by atoms with Crippen molar-refractivity contribution in [2.45, 2.75) is 32.9 Å². The van der Waals surface area contributed by atoms with Gasteiger partial charge in [0.05, 0.1) is 34.6 Å². The molecular weight excluding hydrogens is 446 g/mol. The zero-order chi connectivity index (χ0) is 24.5. The molecule has 0 saturated heterocycles. The van der Waals surface area contributed by atoms with Crippen molar-refractivity contribution < 1.29 is 18.7 Å². The zero-order valence-electron chi connectivity index (χ0n) is 19.4. The number of ether oxygens (including phenoxy) is 1. The lowest BCUT2D eigenvalue weighted by molar-refractivity contribution is -0.123. The Morgan fingerprint density at radius 3 is 2.69 bits per heavy atom. The molecule has 35 heavy (non-hydrogen) atoms. The van der Waals surface area contributed by atoms with Gasteiger partial charge in [-0.05, 0) is 63.2 Å². The molecule has 5 rings (SSSR count). The number of anilines is 1. The molecule has 1 atom stereocenters. The first-order valence-electron chi connectivity index (χ1n) is 11.2. The molecule has 9 heteroatoms. The standard InChI is InChI=1S/C26H23N5O4/c1-15(2)31-24-19(14-28-31)18(13-22(29-24)23-10-6-12-34-23)26(33)35-16(3)25(32)30-21-9-4-8-20-17(21)7-5-11-27-20/h4-16H,1-3H3,(H,30,32). The number of esters is 1. The quantitative estimate of drug-likeness (QED) is 0.348. The normalized spacial score (nSPS) is 12.2. The minimum absolute atomic E-state index is 0.0237. The molecule has 0 aliphatic heterocycles. The van der Waals surface area contributed by atoms with Gasteiger partial charge in [0.25, 0.3) is 5.91 Å². The lowest BCUT2D eigenvalue weighted by Crippen LogP contribution is -2.30. The van der Waals surface area contributed by atoms with E-state index >= 15 is 0 Å². The van der Waals surface area contributed by atoms with Gasteiger partial charge in [-0.15, -0.1) is 0 Å². The fraction of sp³-hybridized carbons (Fsp3) is 0.192. The van der Waals surface area contributed by atoms with Gasteiger partial charge in [-0.25, -0.2) is 14.5 Å². The van der Waals surface area contributed by atoms with Crippen LogP contribution in [0, 0.1) is 0 Å². The van der Waals surface area contributed by atoms with Crippen molar-refractivity contribution in [2.24, 2.45) is 0 Å². The molecule has 0 saturated carbocycles. The number of nitrogens with one attached hydrogen (secondary N) is 1. The summed E-state index contributed by atoms with van der Waals surface area (Å²) in [6.07, 6.45) is 3.75. The third-order valence-electron chi connectivity index (χ3n) is 5.61. The van der Waals surface area contributed by atoms with E-state index in [9.17, 15) is 9.59 Å². The van der Waals surface area contributed by atoms with E-state index in [2.05, 4.69) is 20.4 Å². The average molecular weight is 470 g/mol. The van der Waals surface area contributed by atoms with Gasteiger partial charge in [-0.3, -0.25) is 9.78 Å². The number of hydrogen-bond donors (Lipinski definition) is 1. The van der Waals surface area contributed by atoms with Crippen LogP contribution in [0.2, 0.25) is 0 Å². The summed E-state index contributed by atoms with van der Waals surface area (Å²) < 4.78 is 12.8. The van der Waals surface area contributed by atoms with Crippen molar-refractivity contribution in [1.29, 1.82) is 0 Å². The number of benzene rings is 1. The highest BCUT2D eigenvalue weighted by molar-refractivity contribution is 6.06. The Balaban J connectivity index is 1.43. The number of amides is 1. The third kappa shape index (κ3) is 4.23. The van der Waals surface area contributed by atoms with Gasteiger partial charge >= 0.3 is 5.97 Å². The van der Waals surface area contributed by atoms with Crippen molar-refractivity contribution in [3.05, 3.63) is 72.8 Å². The molecule has 5 aromatic rings. The highest BCUT2D eigenvalue weighted by Gasteiger charge is 2.24. The molecule has 1 N–H and O–H groups in total. The number of nitrogens with zero attached hydrogens (tertiary/aromatic N) is 4. The monoisotopic (exact) mass is 469 g/mol. The Bertz CT molecular complexity index is 1530. The molecule has 9 nitrogen and oxygen atoms in total. The second kappa shape index (κ2) is 9.02. The first-order chi connectivity index (χ1) is 16.9. The average Bonchev–Trinajstić information content (AvgIpc) is 3.54. The number of carbonyl (C=O) groups is 2. The van der Waals surface area contributed by atoms with Crippen LogP contribution < -0.4 is 5.32 Å². The van der Waals surface area contributed by atoms with Crippen molar-refractivity contribution in [3.8, 4) is 11.5 Å². The van der Waals surface area contributed by atoms with Gasteiger partial charge < -0.3 is 14.5 Å². The van der Waals surface area contributed by atoms with Gasteiger partial charge in [0.2, 0.25) is 0 Å². The van der Waals surface area contributed by atoms with Gasteiger partial charge in [0, 0.05) is 17.6 Å². The van der Waals surface area contributed by atoms with E-state index in [1.54, 1.807) is 53.5 Å². The summed E-state index contributed by atoms with van der Waals surface area (Å²) in [6.45, 7) is 5.47. The number of furan rings is 1. The SMILES string of the molecule is CC(OC(=O)c1cc(-c2ccco2)nc2c1cnn2C(C)C)C(=O)Nc1cccc2ncccc12. The van der Waals surface area contributed by atoms with Gasteiger partial charge in [-0.2, -0.15) is 5.10 Å². The maximum atomic E-state index is 13.2. The summed E-state index contributed by atoms with van der Waals surface area (Å²) in [4.78, 5) is 35.1. The van der Waals surface area contributed by atoms with Crippen LogP contribution in [0.4, 0.5) is 5.69 Å². The van der Waals surface area contributed by atoms with Crippen LogP contribution in [-0.4, -0.2) is 37.7 Å². The number of rotatable bonds is 6. The van der Waals surface area contributed by atoms with Crippen LogP contribution in [0.3, 0.4) is 0 Å². The minimum Gasteiger partial charge on any atom is -0.463 e. The number of fused-ring (bicyclic) bond motifs is 2. The lowest BCUT2D eigenvalue weighted by atomic mass is 10.1. The molecule has 1 aromatic carbocycles.